The molecule has 1 N–H and O–H groups in total. The highest BCUT2D eigenvalue weighted by atomic mass is 127. The van der Waals surface area contributed by atoms with Gasteiger partial charge in [0.05, 0.1) is 6.10 Å². The fraction of sp³-hybridized carbons (Fsp3) is 0.500. The Balaban J connectivity index is 3.16. The van der Waals surface area contributed by atoms with E-state index in [9.17, 15) is 0 Å². The van der Waals surface area contributed by atoms with Crippen LogP contribution in [0.1, 0.15) is 0 Å². The monoisotopic (exact) mass is 199 g/mol. The standard InChI is InChI=1S/C4H7IO/c1-2-4(6)3-5/h2,4,6H,1,3H2/i6D. The minimum atomic E-state index is -0.0967. The van der Waals surface area contributed by atoms with Gasteiger partial charge >= 0.3 is 0 Å². The minimum Gasteiger partial charge on any atom is -0.388 e. The lowest BCUT2D eigenvalue weighted by molar-refractivity contribution is 0.252. The zero-order chi connectivity index (χ0) is 5.70. The lowest BCUT2D eigenvalue weighted by Gasteiger charge is -1.92. The zero-order valence-corrected chi connectivity index (χ0v) is 5.51. The smallest absolute Gasteiger partial charge is 0.211 e. The van der Waals surface area contributed by atoms with Crippen LogP contribution in [0.4, 0.5) is 0 Å². The van der Waals surface area contributed by atoms with Crippen LogP contribution in [-0.2, 0) is 0 Å². The van der Waals surface area contributed by atoms with Crippen LogP contribution in [0.3, 0.4) is 0 Å². The van der Waals surface area contributed by atoms with Gasteiger partial charge in [0.2, 0.25) is 1.43 Å². The summed E-state index contributed by atoms with van der Waals surface area (Å²) >= 11 is 2.13. The van der Waals surface area contributed by atoms with E-state index in [1.54, 1.807) is 6.08 Å². The van der Waals surface area contributed by atoms with Gasteiger partial charge in [0.15, 0.2) is 0 Å². The molecular weight excluding hydrogens is 191 g/mol. The molecule has 0 radical (unpaired) electrons. The van der Waals surface area contributed by atoms with E-state index < -0.39 is 0 Å². The highest BCUT2D eigenvalue weighted by molar-refractivity contribution is 14.1. The quantitative estimate of drug-likeness (QED) is 0.408. The molecule has 1 unspecified atom stereocenters. The molecule has 2 heteroatoms. The van der Waals surface area contributed by atoms with Gasteiger partial charge in [-0.15, -0.1) is 6.58 Å². The summed E-state index contributed by atoms with van der Waals surface area (Å²) in [5.41, 5.74) is 0. The molecule has 0 aliphatic rings. The van der Waals surface area contributed by atoms with Gasteiger partial charge in [-0.05, 0) is 0 Å². The highest BCUT2D eigenvalue weighted by Gasteiger charge is 1.87. The third kappa shape index (κ3) is 2.66. The summed E-state index contributed by atoms with van der Waals surface area (Å²) in [6, 6.07) is 0. The Hall–Kier alpha value is 0.430. The second-order valence-electron chi connectivity index (χ2n) is 0.928. The van der Waals surface area contributed by atoms with Crippen LogP contribution >= 0.6 is 22.6 Å². The molecule has 1 nitrogen and oxygen atoms in total. The maximum Gasteiger partial charge on any atom is 0.211 e. The summed E-state index contributed by atoms with van der Waals surface area (Å²) in [5.74, 6) is 0. The second kappa shape index (κ2) is 3.61. The van der Waals surface area contributed by atoms with Crippen molar-refractivity contribution >= 4 is 22.6 Å². The summed E-state index contributed by atoms with van der Waals surface area (Å²) in [7, 11) is 0. The van der Waals surface area contributed by atoms with E-state index in [-0.39, 0.29) is 6.10 Å². The van der Waals surface area contributed by atoms with Gasteiger partial charge in [-0.2, -0.15) is 0 Å². The molecule has 0 aromatic rings. The predicted molar refractivity (Wildman–Crippen MR) is 35.1 cm³/mol. The van der Waals surface area contributed by atoms with Gasteiger partial charge in [-0.1, -0.05) is 28.7 Å². The van der Waals surface area contributed by atoms with Gasteiger partial charge in [0.1, 0.15) is 0 Å². The number of aliphatic hydroxyl groups is 1. The van der Waals surface area contributed by atoms with E-state index in [0.717, 1.165) is 4.43 Å². The van der Waals surface area contributed by atoms with Crippen molar-refractivity contribution in [2.75, 3.05) is 4.43 Å². The fourth-order valence-electron chi connectivity index (χ4n) is 0.0630. The van der Waals surface area contributed by atoms with Crippen molar-refractivity contribution < 1.29 is 5.11 Å². The van der Waals surface area contributed by atoms with Crippen molar-refractivity contribution in [2.24, 2.45) is 0 Å². The number of alkyl halides is 1. The molecule has 6 heavy (non-hydrogen) atoms. The third-order valence-electron chi connectivity index (χ3n) is 0.415. The normalized spacial score (nSPS) is 15.8. The van der Waals surface area contributed by atoms with Crippen LogP contribution in [-0.4, -0.2) is 17.1 Å². The van der Waals surface area contributed by atoms with Crippen molar-refractivity contribution in [3.05, 3.63) is 12.7 Å². The van der Waals surface area contributed by atoms with E-state index >= 15 is 0 Å². The number of rotatable bonds is 3. The van der Waals surface area contributed by atoms with Crippen LogP contribution in [0, 0.1) is 0 Å². The SMILES string of the molecule is [2H]OC(C=C)CI. The Bertz CT molecular complexity index is 53.7. The molecule has 0 saturated carbocycles. The van der Waals surface area contributed by atoms with E-state index in [1.807, 2.05) is 0 Å². The number of hydrogen-bond acceptors (Lipinski definition) is 1. The Morgan fingerprint density at radius 1 is 2.33 bits per heavy atom. The molecule has 0 saturated heterocycles. The molecule has 0 heterocycles. The van der Waals surface area contributed by atoms with Crippen LogP contribution in [0.2, 0.25) is 0 Å². The van der Waals surface area contributed by atoms with Crippen LogP contribution in [0.25, 0.3) is 0 Å². The van der Waals surface area contributed by atoms with Crippen LogP contribution in [0.5, 0.6) is 0 Å². The van der Waals surface area contributed by atoms with E-state index in [4.69, 9.17) is 1.43 Å². The Labute approximate surface area is 52.7 Å². The van der Waals surface area contributed by atoms with Gasteiger partial charge < -0.3 is 5.11 Å². The van der Waals surface area contributed by atoms with Crippen molar-refractivity contribution in [1.29, 1.82) is 1.43 Å². The van der Waals surface area contributed by atoms with Crippen molar-refractivity contribution in [2.45, 2.75) is 6.10 Å². The number of hydrogen-bond donors (Lipinski definition) is 1. The zero-order valence-electron chi connectivity index (χ0n) is 4.36. The molecule has 0 spiro atoms. The molecule has 1 atom stereocenters. The van der Waals surface area contributed by atoms with E-state index in [2.05, 4.69) is 34.3 Å². The summed E-state index contributed by atoms with van der Waals surface area (Å²) in [4.78, 5) is 0. The predicted octanol–water partition coefficient (Wildman–Crippen LogP) is 0.968. The molecule has 0 rings (SSSR count). The fourth-order valence-corrected chi connectivity index (χ4v) is 0.423. The first-order valence-corrected chi connectivity index (χ1v) is 3.18. The summed E-state index contributed by atoms with van der Waals surface area (Å²) in [6.45, 7) is 3.45. The maximum absolute atomic E-state index is 6.38. The topological polar surface area (TPSA) is 20.2 Å². The summed E-state index contributed by atoms with van der Waals surface area (Å²) < 4.78 is 7.18. The molecule has 36 valence electrons. The van der Waals surface area contributed by atoms with Crippen LogP contribution < -0.4 is 0 Å². The second-order valence-corrected chi connectivity index (χ2v) is 1.81. The molecule has 0 amide bonds. The van der Waals surface area contributed by atoms with Gasteiger partial charge in [-0.25, -0.2) is 0 Å². The molecule has 0 aromatic heterocycles. The van der Waals surface area contributed by atoms with Crippen molar-refractivity contribution in [1.82, 2.24) is 0 Å². The summed E-state index contributed by atoms with van der Waals surface area (Å²) in [5, 5.41) is 4.17. The maximum atomic E-state index is 6.38. The molecular formula is C4H7IO. The Morgan fingerprint density at radius 3 is 3.00 bits per heavy atom. The van der Waals surface area contributed by atoms with E-state index in [0.29, 0.717) is 0 Å². The number of aliphatic hydroxyl groups excluding tert-OH is 1. The lowest BCUT2D eigenvalue weighted by atomic mass is 10.4. The highest BCUT2D eigenvalue weighted by Crippen LogP contribution is 1.88. The van der Waals surface area contributed by atoms with Crippen molar-refractivity contribution in [3.8, 4) is 0 Å². The molecule has 0 aliphatic carbocycles. The van der Waals surface area contributed by atoms with Crippen molar-refractivity contribution in [3.63, 3.8) is 0 Å². The molecule has 0 aromatic carbocycles. The average Bonchev–Trinajstić information content (AvgIpc) is 1.72. The van der Waals surface area contributed by atoms with Gasteiger partial charge in [0, 0.05) is 4.43 Å². The van der Waals surface area contributed by atoms with Gasteiger partial charge in [0.25, 0.3) is 0 Å². The van der Waals surface area contributed by atoms with Crippen LogP contribution in [0.15, 0.2) is 12.7 Å². The average molecular weight is 199 g/mol. The first kappa shape index (κ1) is 4.59. The largest absolute Gasteiger partial charge is 0.388 e. The minimum absolute atomic E-state index is 0.0967. The van der Waals surface area contributed by atoms with Gasteiger partial charge in [-0.3, -0.25) is 0 Å². The Morgan fingerprint density at radius 2 is 3.00 bits per heavy atom. The first-order valence-electron chi connectivity index (χ1n) is 2.06. The lowest BCUT2D eigenvalue weighted by Crippen LogP contribution is -2.00. The number of halogens is 1. The molecule has 0 bridgehead atoms. The third-order valence-corrected chi connectivity index (χ3v) is 1.28. The molecule has 0 aliphatic heterocycles. The molecule has 0 fully saturated rings. The Kier molecular flexibility index (Phi) is 2.76. The van der Waals surface area contributed by atoms with E-state index in [1.165, 1.54) is 0 Å². The summed E-state index contributed by atoms with van der Waals surface area (Å²) in [6.07, 6.45) is 1.51. The first-order chi connectivity index (χ1) is 3.35.